The number of methoxy groups -OCH3 is 1. The maximum Gasteiger partial charge on any atom is 0.404 e. The average Bonchev–Trinajstić information content (AvgIpc) is 3.49. The summed E-state index contributed by atoms with van der Waals surface area (Å²) in [6, 6.07) is 6.28. The largest absolute Gasteiger partial charge is 0.449 e. The van der Waals surface area contributed by atoms with Crippen LogP contribution in [0.1, 0.15) is 6.92 Å². The van der Waals surface area contributed by atoms with Crippen LogP contribution >= 0.6 is 21.6 Å². The molecule has 0 aromatic heterocycles. The fourth-order valence-electron chi connectivity index (χ4n) is 5.45. The van der Waals surface area contributed by atoms with Crippen molar-refractivity contribution in [3.05, 3.63) is 56.9 Å². The predicted octanol–water partition coefficient (Wildman–Crippen LogP) is 1.33. The average molecular weight is 548 g/mol. The van der Waals surface area contributed by atoms with Crippen LogP contribution in [0.25, 0.3) is 0 Å². The van der Waals surface area contributed by atoms with Gasteiger partial charge in [0.25, 0.3) is 5.69 Å². The number of rotatable bonds is 10. The van der Waals surface area contributed by atoms with Gasteiger partial charge in [-0.2, -0.15) is 0 Å². The lowest BCUT2D eigenvalue weighted by molar-refractivity contribution is -0.384. The molecular weight excluding hydrogens is 522 g/mol. The molecule has 2 fully saturated rings. The SMILES string of the molecule is CO[C@@]12[C@@H](COC(N)=O)C3=C(C(=O)C(C)=C(NCCSSc4ccc([N+](=O)[O-])cc4)C3=O)N1C[C@@H]1N[C@@H]12. The first-order valence-corrected chi connectivity index (χ1v) is 13.9. The fraction of sp³-hybridized carbons (Fsp3) is 0.435. The minimum Gasteiger partial charge on any atom is -0.449 e. The molecule has 0 spiro atoms. The van der Waals surface area contributed by atoms with E-state index in [0.717, 1.165) is 4.90 Å². The number of hydrogen-bond acceptors (Lipinski definition) is 12. The second kappa shape index (κ2) is 9.67. The molecule has 1 aromatic carbocycles. The van der Waals surface area contributed by atoms with Crippen molar-refractivity contribution in [1.82, 2.24) is 15.5 Å². The number of non-ortho nitro benzene ring substituents is 1. The number of nitrogens with two attached hydrogens (primary N) is 1. The van der Waals surface area contributed by atoms with Crippen molar-refractivity contribution in [1.29, 1.82) is 0 Å². The van der Waals surface area contributed by atoms with Gasteiger partial charge in [-0.1, -0.05) is 21.6 Å². The van der Waals surface area contributed by atoms with Gasteiger partial charge in [0.15, 0.2) is 5.72 Å². The first kappa shape index (κ1) is 25.6. The van der Waals surface area contributed by atoms with E-state index in [1.807, 2.05) is 4.90 Å². The number of hydrogen-bond donors (Lipinski definition) is 3. The summed E-state index contributed by atoms with van der Waals surface area (Å²) in [5, 5.41) is 17.2. The van der Waals surface area contributed by atoms with E-state index >= 15 is 0 Å². The Morgan fingerprint density at radius 3 is 2.70 bits per heavy atom. The molecule has 12 nitrogen and oxygen atoms in total. The normalized spacial score (nSPS) is 27.7. The third-order valence-electron chi connectivity index (χ3n) is 7.12. The Kier molecular flexibility index (Phi) is 6.68. The Morgan fingerprint density at radius 1 is 1.32 bits per heavy atom. The van der Waals surface area contributed by atoms with Crippen LogP contribution in [0.2, 0.25) is 0 Å². The van der Waals surface area contributed by atoms with Crippen molar-refractivity contribution in [2.75, 3.05) is 32.6 Å². The number of carbonyl (C=O) groups is 3. The summed E-state index contributed by atoms with van der Waals surface area (Å²) in [5.41, 5.74) is 5.38. The number of carbonyl (C=O) groups excluding carboxylic acids is 3. The van der Waals surface area contributed by atoms with Crippen molar-refractivity contribution in [3.63, 3.8) is 0 Å². The molecule has 5 rings (SSSR count). The first-order valence-electron chi connectivity index (χ1n) is 11.5. The van der Waals surface area contributed by atoms with Crippen LogP contribution in [0, 0.1) is 16.0 Å². The summed E-state index contributed by atoms with van der Waals surface area (Å²) in [7, 11) is 4.50. The topological polar surface area (TPSA) is 176 Å². The number of Topliss-reactive ketones (excluding diaryl/α,β-unsaturated/α-hetero) is 2. The van der Waals surface area contributed by atoms with E-state index in [1.54, 1.807) is 19.1 Å². The Hall–Kier alpha value is -3.07. The molecule has 0 saturated carbocycles. The van der Waals surface area contributed by atoms with Crippen LogP contribution in [0.3, 0.4) is 0 Å². The van der Waals surface area contributed by atoms with Crippen LogP contribution < -0.4 is 16.4 Å². The zero-order chi connectivity index (χ0) is 26.5. The minimum absolute atomic E-state index is 0.0303. The number of nitrogens with zero attached hydrogens (tertiary/aromatic N) is 2. The van der Waals surface area contributed by atoms with Gasteiger partial charge in [0.05, 0.1) is 28.3 Å². The molecule has 0 radical (unpaired) electrons. The van der Waals surface area contributed by atoms with Crippen molar-refractivity contribution in [3.8, 4) is 0 Å². The van der Waals surface area contributed by atoms with E-state index in [4.69, 9.17) is 15.2 Å². The molecule has 14 heteroatoms. The summed E-state index contributed by atoms with van der Waals surface area (Å²) in [4.78, 5) is 51.7. The Bertz CT molecular complexity index is 1250. The van der Waals surface area contributed by atoms with Crippen LogP contribution in [0.5, 0.6) is 0 Å². The molecule has 1 aliphatic carbocycles. The van der Waals surface area contributed by atoms with Gasteiger partial charge in [-0.15, -0.1) is 0 Å². The summed E-state index contributed by atoms with van der Waals surface area (Å²) >= 11 is 0. The number of nitrogens with one attached hydrogen (secondary N) is 2. The maximum atomic E-state index is 13.7. The van der Waals surface area contributed by atoms with Crippen molar-refractivity contribution in [2.24, 2.45) is 11.7 Å². The molecule has 4 aliphatic rings. The summed E-state index contributed by atoms with van der Waals surface area (Å²) in [6.07, 6.45) is -0.965. The van der Waals surface area contributed by atoms with Gasteiger partial charge in [-0.25, -0.2) is 4.79 Å². The van der Waals surface area contributed by atoms with Crippen LogP contribution in [-0.2, 0) is 19.1 Å². The standard InChI is InChI=1S/C23H25N5O7S2/c1-11-17(25-7-8-36-37-13-5-3-12(4-6-13)28(32)33)20(30)16-14(10-35-22(24)31)23(34-2)21-15(26-21)9-27(23)18(16)19(11)29/h3-6,14-15,21,25-26H,7-10H2,1-2H3,(H2,24,31)/t14-,15-,21-,23+/m0/s1. The van der Waals surface area contributed by atoms with E-state index in [0.29, 0.717) is 30.1 Å². The molecule has 37 heavy (non-hydrogen) atoms. The third kappa shape index (κ3) is 4.17. The van der Waals surface area contributed by atoms with E-state index < -0.39 is 22.7 Å². The molecular formula is C23H25N5O7S2. The number of nitro benzene ring substituents is 1. The number of piperazine rings is 1. The number of ketones is 2. The summed E-state index contributed by atoms with van der Waals surface area (Å²) < 4.78 is 11.1. The highest BCUT2D eigenvalue weighted by atomic mass is 33.1. The van der Waals surface area contributed by atoms with Crippen LogP contribution in [0.15, 0.2) is 51.7 Å². The molecule has 1 aromatic rings. The van der Waals surface area contributed by atoms with Gasteiger partial charge in [0, 0.05) is 60.2 Å². The van der Waals surface area contributed by atoms with Crippen molar-refractivity contribution in [2.45, 2.75) is 29.6 Å². The van der Waals surface area contributed by atoms with E-state index in [1.165, 1.54) is 40.8 Å². The molecule has 196 valence electrons. The molecule has 0 unspecified atom stereocenters. The number of fused-ring (bicyclic) bond motifs is 4. The lowest BCUT2D eigenvalue weighted by Crippen LogP contribution is -2.55. The van der Waals surface area contributed by atoms with Gasteiger partial charge in [0.1, 0.15) is 6.61 Å². The predicted molar refractivity (Wildman–Crippen MR) is 135 cm³/mol. The Balaban J connectivity index is 1.28. The number of allylic oxidation sites excluding steroid dienone is 2. The van der Waals surface area contributed by atoms with Gasteiger partial charge in [-0.3, -0.25) is 19.7 Å². The number of primary amides is 1. The molecule has 0 bridgehead atoms. The number of benzene rings is 1. The minimum atomic E-state index is -1.01. The number of ether oxygens (including phenoxy) is 2. The highest BCUT2D eigenvalue weighted by molar-refractivity contribution is 8.76. The zero-order valence-electron chi connectivity index (χ0n) is 20.0. The molecule has 3 heterocycles. The first-order chi connectivity index (χ1) is 17.7. The van der Waals surface area contributed by atoms with E-state index in [-0.39, 0.29) is 47.2 Å². The smallest absolute Gasteiger partial charge is 0.404 e. The molecule has 4 atom stereocenters. The maximum absolute atomic E-state index is 13.7. The van der Waals surface area contributed by atoms with Gasteiger partial charge >= 0.3 is 6.09 Å². The van der Waals surface area contributed by atoms with E-state index in [9.17, 15) is 24.5 Å². The highest BCUT2D eigenvalue weighted by Gasteiger charge is 2.72. The molecule has 1 amide bonds. The Morgan fingerprint density at radius 2 is 2.05 bits per heavy atom. The Labute approximate surface area is 219 Å². The summed E-state index contributed by atoms with van der Waals surface area (Å²) in [6.45, 7) is 2.36. The lowest BCUT2D eigenvalue weighted by atomic mass is 9.82. The van der Waals surface area contributed by atoms with Gasteiger partial charge in [0.2, 0.25) is 11.6 Å². The second-order valence-corrected chi connectivity index (χ2v) is 11.5. The lowest BCUT2D eigenvalue weighted by Gasteiger charge is -2.39. The fourth-order valence-corrected chi connectivity index (χ4v) is 7.35. The highest BCUT2D eigenvalue weighted by Crippen LogP contribution is 2.55. The van der Waals surface area contributed by atoms with Crippen LogP contribution in [0.4, 0.5) is 10.5 Å². The summed E-state index contributed by atoms with van der Waals surface area (Å²) in [5.74, 6) is -0.657. The van der Waals surface area contributed by atoms with Crippen molar-refractivity contribution < 1.29 is 28.8 Å². The number of nitro groups is 1. The molecule has 3 aliphatic heterocycles. The quantitative estimate of drug-likeness (QED) is 0.0958. The zero-order valence-corrected chi connectivity index (χ0v) is 21.6. The molecule has 2 saturated heterocycles. The molecule has 4 N–H and O–H groups in total. The monoisotopic (exact) mass is 547 g/mol. The van der Waals surface area contributed by atoms with Gasteiger partial charge in [-0.05, 0) is 19.1 Å². The third-order valence-corrected chi connectivity index (χ3v) is 9.50. The second-order valence-electron chi connectivity index (χ2n) is 9.00. The van der Waals surface area contributed by atoms with E-state index in [2.05, 4.69) is 10.6 Å². The number of amides is 1. The van der Waals surface area contributed by atoms with Crippen molar-refractivity contribution >= 4 is 44.9 Å². The van der Waals surface area contributed by atoms with Crippen LogP contribution in [-0.4, -0.2) is 77.9 Å². The van der Waals surface area contributed by atoms with Gasteiger partial charge < -0.3 is 30.7 Å².